The first-order chi connectivity index (χ1) is 9.92. The maximum Gasteiger partial charge on any atom is 0.224 e. The number of aromatic nitrogens is 3. The predicted octanol–water partition coefficient (Wildman–Crippen LogP) is 2.41. The van der Waals surface area contributed by atoms with Gasteiger partial charge in [0.2, 0.25) is 5.91 Å². The van der Waals surface area contributed by atoms with Crippen LogP contribution in [0, 0.1) is 0 Å². The normalized spacial score (nSPS) is 11.4. The van der Waals surface area contributed by atoms with Gasteiger partial charge in [-0.15, -0.1) is 0 Å². The second-order valence-electron chi connectivity index (χ2n) is 5.45. The van der Waals surface area contributed by atoms with E-state index in [0.29, 0.717) is 12.8 Å². The van der Waals surface area contributed by atoms with Crippen molar-refractivity contribution in [3.8, 4) is 0 Å². The maximum absolute atomic E-state index is 11.8. The van der Waals surface area contributed by atoms with Crippen molar-refractivity contribution in [2.45, 2.75) is 42.3 Å². The molecule has 2 aromatic rings. The number of hydrogen-bond acceptors (Lipinski definition) is 5. The Morgan fingerprint density at radius 2 is 2.10 bits per heavy atom. The average molecular weight is 305 g/mol. The molecule has 0 bridgehead atoms. The van der Waals surface area contributed by atoms with Crippen LogP contribution in [0.25, 0.3) is 0 Å². The third-order valence-electron chi connectivity index (χ3n) is 2.74. The topological polar surface area (TPSA) is 96.7 Å². The number of anilines is 1. The van der Waals surface area contributed by atoms with Crippen LogP contribution in [-0.2, 0) is 4.79 Å². The van der Waals surface area contributed by atoms with E-state index >= 15 is 0 Å². The number of carbonyl (C=O) groups excluding carboxylic acids is 1. The molecule has 21 heavy (non-hydrogen) atoms. The minimum atomic E-state index is -0.324. The number of amides is 1. The Kier molecular flexibility index (Phi) is 4.98. The highest BCUT2D eigenvalue weighted by molar-refractivity contribution is 7.99. The van der Waals surface area contributed by atoms with Gasteiger partial charge in [-0.25, -0.2) is 4.98 Å². The van der Waals surface area contributed by atoms with Crippen LogP contribution < -0.4 is 11.1 Å². The van der Waals surface area contributed by atoms with Crippen LogP contribution in [0.4, 0.5) is 5.69 Å². The van der Waals surface area contributed by atoms with Gasteiger partial charge in [-0.05, 0) is 44.5 Å². The highest BCUT2D eigenvalue weighted by Gasteiger charge is 2.13. The summed E-state index contributed by atoms with van der Waals surface area (Å²) in [6, 6.07) is 7.58. The van der Waals surface area contributed by atoms with Crippen molar-refractivity contribution >= 4 is 23.4 Å². The molecule has 6 nitrogen and oxygen atoms in total. The molecule has 0 radical (unpaired) electrons. The molecule has 1 aromatic carbocycles. The van der Waals surface area contributed by atoms with E-state index in [4.69, 9.17) is 5.73 Å². The Labute approximate surface area is 127 Å². The lowest BCUT2D eigenvalue weighted by molar-refractivity contribution is -0.116. The molecule has 112 valence electrons. The number of nitrogens with two attached hydrogens (primary N) is 1. The number of H-pyrrole nitrogens is 1. The van der Waals surface area contributed by atoms with E-state index in [1.54, 1.807) is 0 Å². The molecule has 4 N–H and O–H groups in total. The quantitative estimate of drug-likeness (QED) is 0.761. The molecule has 0 aliphatic rings. The van der Waals surface area contributed by atoms with Gasteiger partial charge >= 0.3 is 0 Å². The number of benzene rings is 1. The van der Waals surface area contributed by atoms with E-state index < -0.39 is 0 Å². The number of hydrogen-bond donors (Lipinski definition) is 3. The fourth-order valence-corrected chi connectivity index (χ4v) is 2.31. The van der Waals surface area contributed by atoms with Crippen LogP contribution in [0.5, 0.6) is 0 Å². The Morgan fingerprint density at radius 1 is 1.38 bits per heavy atom. The summed E-state index contributed by atoms with van der Waals surface area (Å²) < 4.78 is 0. The fraction of sp³-hybridized carbons (Fsp3) is 0.357. The number of aromatic amines is 1. The zero-order chi connectivity index (χ0) is 15.3. The van der Waals surface area contributed by atoms with E-state index in [-0.39, 0.29) is 11.4 Å². The number of carbonyl (C=O) groups is 1. The summed E-state index contributed by atoms with van der Waals surface area (Å²) >= 11 is 1.48. The standard InChI is InChI=1S/C14H19N5OS/c1-14(2,15)8-7-12(20)18-10-3-5-11(6-4-10)21-13-16-9-17-19-13/h3-6,9H,7-8,15H2,1-2H3,(H,18,20)(H,16,17,19). The van der Waals surface area contributed by atoms with E-state index in [2.05, 4.69) is 20.5 Å². The van der Waals surface area contributed by atoms with Gasteiger partial charge in [0.15, 0.2) is 5.16 Å². The van der Waals surface area contributed by atoms with E-state index in [1.807, 2.05) is 38.1 Å². The molecule has 1 amide bonds. The second-order valence-corrected chi connectivity index (χ2v) is 6.52. The summed E-state index contributed by atoms with van der Waals surface area (Å²) in [4.78, 5) is 16.9. The predicted molar refractivity (Wildman–Crippen MR) is 83.1 cm³/mol. The molecule has 0 spiro atoms. The third-order valence-corrected chi connectivity index (χ3v) is 3.64. The smallest absolute Gasteiger partial charge is 0.224 e. The van der Waals surface area contributed by atoms with Gasteiger partial charge in [-0.1, -0.05) is 11.8 Å². The highest BCUT2D eigenvalue weighted by atomic mass is 32.2. The Hall–Kier alpha value is -1.86. The van der Waals surface area contributed by atoms with Crippen LogP contribution in [0.15, 0.2) is 40.6 Å². The summed E-state index contributed by atoms with van der Waals surface area (Å²) in [7, 11) is 0. The Bertz CT molecular complexity index is 574. The van der Waals surface area contributed by atoms with Crippen LogP contribution in [0.1, 0.15) is 26.7 Å². The lowest BCUT2D eigenvalue weighted by Gasteiger charge is -2.17. The summed E-state index contributed by atoms with van der Waals surface area (Å²) in [5.74, 6) is -0.0239. The molecule has 0 aliphatic carbocycles. The van der Waals surface area contributed by atoms with Gasteiger partial charge in [-0.3, -0.25) is 9.89 Å². The van der Waals surface area contributed by atoms with Crippen molar-refractivity contribution < 1.29 is 4.79 Å². The highest BCUT2D eigenvalue weighted by Crippen LogP contribution is 2.25. The molecule has 0 saturated heterocycles. The lowest BCUT2D eigenvalue weighted by atomic mass is 10.00. The summed E-state index contributed by atoms with van der Waals surface area (Å²) in [6.07, 6.45) is 2.53. The Balaban J connectivity index is 1.86. The van der Waals surface area contributed by atoms with Crippen molar-refractivity contribution in [2.24, 2.45) is 5.73 Å². The Morgan fingerprint density at radius 3 is 2.67 bits per heavy atom. The minimum Gasteiger partial charge on any atom is -0.326 e. The van der Waals surface area contributed by atoms with Gasteiger partial charge < -0.3 is 11.1 Å². The first-order valence-corrected chi connectivity index (χ1v) is 7.46. The zero-order valence-electron chi connectivity index (χ0n) is 12.1. The van der Waals surface area contributed by atoms with Gasteiger partial charge in [0, 0.05) is 22.5 Å². The van der Waals surface area contributed by atoms with Crippen LogP contribution in [-0.4, -0.2) is 26.6 Å². The molecular formula is C14H19N5OS. The van der Waals surface area contributed by atoms with Crippen molar-refractivity contribution in [3.63, 3.8) is 0 Å². The molecular weight excluding hydrogens is 286 g/mol. The van der Waals surface area contributed by atoms with E-state index in [9.17, 15) is 4.79 Å². The van der Waals surface area contributed by atoms with Gasteiger partial charge in [0.05, 0.1) is 0 Å². The molecule has 0 fully saturated rings. The van der Waals surface area contributed by atoms with Crippen LogP contribution in [0.3, 0.4) is 0 Å². The molecule has 0 unspecified atom stereocenters. The van der Waals surface area contributed by atoms with Crippen LogP contribution >= 0.6 is 11.8 Å². The summed E-state index contributed by atoms with van der Waals surface area (Å²) in [5, 5.41) is 10.2. The molecule has 1 heterocycles. The molecule has 0 saturated carbocycles. The van der Waals surface area contributed by atoms with Crippen molar-refractivity contribution in [3.05, 3.63) is 30.6 Å². The number of nitrogens with zero attached hydrogens (tertiary/aromatic N) is 2. The molecule has 7 heteroatoms. The molecule has 2 rings (SSSR count). The monoisotopic (exact) mass is 305 g/mol. The largest absolute Gasteiger partial charge is 0.326 e. The average Bonchev–Trinajstić information content (AvgIpc) is 2.91. The van der Waals surface area contributed by atoms with Crippen molar-refractivity contribution in [1.29, 1.82) is 0 Å². The lowest BCUT2D eigenvalue weighted by Crippen LogP contribution is -2.33. The van der Waals surface area contributed by atoms with E-state index in [1.165, 1.54) is 18.1 Å². The first kappa shape index (κ1) is 15.5. The van der Waals surface area contributed by atoms with Gasteiger partial charge in [-0.2, -0.15) is 5.10 Å². The SMILES string of the molecule is CC(C)(N)CCC(=O)Nc1ccc(Sc2ncn[nH]2)cc1. The zero-order valence-corrected chi connectivity index (χ0v) is 12.9. The van der Waals surface area contributed by atoms with Gasteiger partial charge in [0.1, 0.15) is 6.33 Å². The fourth-order valence-electron chi connectivity index (χ4n) is 1.62. The molecule has 0 aliphatic heterocycles. The van der Waals surface area contributed by atoms with Crippen molar-refractivity contribution in [2.75, 3.05) is 5.32 Å². The third kappa shape index (κ3) is 5.57. The summed E-state index contributed by atoms with van der Waals surface area (Å²) in [5.41, 5.74) is 6.31. The molecule has 0 atom stereocenters. The van der Waals surface area contributed by atoms with E-state index in [0.717, 1.165) is 15.7 Å². The van der Waals surface area contributed by atoms with Gasteiger partial charge in [0.25, 0.3) is 0 Å². The maximum atomic E-state index is 11.8. The molecule has 1 aromatic heterocycles. The van der Waals surface area contributed by atoms with Crippen LogP contribution in [0.2, 0.25) is 0 Å². The summed E-state index contributed by atoms with van der Waals surface area (Å²) in [6.45, 7) is 3.82. The van der Waals surface area contributed by atoms with Crippen molar-refractivity contribution in [1.82, 2.24) is 15.2 Å². The number of nitrogens with one attached hydrogen (secondary N) is 2. The number of rotatable bonds is 6. The minimum absolute atomic E-state index is 0.0239. The first-order valence-electron chi connectivity index (χ1n) is 6.64. The second kappa shape index (κ2) is 6.73.